The molecule has 0 atom stereocenters. The standard InChI is InChI=1S/C21H15F4N3/c22-15-7-5-13(9-17(15)24)11-27-19-3-1-2-4-20(19)28(21(27)26)12-14-6-8-16(23)18(25)10-14/h1-10,26H,11-12H2. The normalized spacial score (nSPS) is 11.3. The maximum atomic E-state index is 13.6. The Balaban J connectivity index is 1.80. The Morgan fingerprint density at radius 3 is 1.43 bits per heavy atom. The van der Waals surface area contributed by atoms with E-state index in [1.165, 1.54) is 12.1 Å². The highest BCUT2D eigenvalue weighted by atomic mass is 19.2. The zero-order chi connectivity index (χ0) is 19.8. The third kappa shape index (κ3) is 3.19. The number of hydrogen-bond donors (Lipinski definition) is 1. The van der Waals surface area contributed by atoms with Gasteiger partial charge in [-0.1, -0.05) is 24.3 Å². The summed E-state index contributed by atoms with van der Waals surface area (Å²) in [7, 11) is 0. The molecule has 0 unspecified atom stereocenters. The Morgan fingerprint density at radius 1 is 0.607 bits per heavy atom. The van der Waals surface area contributed by atoms with Crippen molar-refractivity contribution in [2.45, 2.75) is 13.1 Å². The second kappa shape index (κ2) is 6.99. The smallest absolute Gasteiger partial charge is 0.203 e. The van der Waals surface area contributed by atoms with E-state index in [2.05, 4.69) is 0 Å². The largest absolute Gasteiger partial charge is 0.306 e. The van der Waals surface area contributed by atoms with E-state index < -0.39 is 23.3 Å². The molecular weight excluding hydrogens is 370 g/mol. The van der Waals surface area contributed by atoms with E-state index in [4.69, 9.17) is 5.41 Å². The molecule has 0 aliphatic heterocycles. The van der Waals surface area contributed by atoms with E-state index >= 15 is 0 Å². The lowest BCUT2D eigenvalue weighted by molar-refractivity contribution is 0.505. The van der Waals surface area contributed by atoms with Crippen LogP contribution < -0.4 is 5.62 Å². The van der Waals surface area contributed by atoms with Gasteiger partial charge in [-0.2, -0.15) is 0 Å². The molecule has 1 N–H and O–H groups in total. The summed E-state index contributed by atoms with van der Waals surface area (Å²) < 4.78 is 56.8. The van der Waals surface area contributed by atoms with Crippen LogP contribution in [0.2, 0.25) is 0 Å². The van der Waals surface area contributed by atoms with Crippen molar-refractivity contribution in [3.05, 3.63) is 101 Å². The van der Waals surface area contributed by atoms with Crippen molar-refractivity contribution in [1.82, 2.24) is 9.13 Å². The first-order chi connectivity index (χ1) is 13.4. The molecule has 0 aliphatic rings. The van der Waals surface area contributed by atoms with Crippen molar-refractivity contribution in [2.75, 3.05) is 0 Å². The Hall–Kier alpha value is -3.35. The van der Waals surface area contributed by atoms with Crippen molar-refractivity contribution in [1.29, 1.82) is 5.41 Å². The van der Waals surface area contributed by atoms with Crippen LogP contribution in [-0.2, 0) is 13.1 Å². The van der Waals surface area contributed by atoms with Gasteiger partial charge in [0.2, 0.25) is 5.62 Å². The zero-order valence-electron chi connectivity index (χ0n) is 14.6. The van der Waals surface area contributed by atoms with E-state index in [1.807, 2.05) is 24.3 Å². The topological polar surface area (TPSA) is 33.7 Å². The Bertz CT molecular complexity index is 1150. The number of para-hydroxylation sites is 2. The predicted octanol–water partition coefficient (Wildman–Crippen LogP) is 4.58. The van der Waals surface area contributed by atoms with Crippen molar-refractivity contribution in [3.8, 4) is 0 Å². The zero-order valence-corrected chi connectivity index (χ0v) is 14.6. The number of aromatic nitrogens is 2. The molecule has 1 heterocycles. The Morgan fingerprint density at radius 2 is 1.04 bits per heavy atom. The van der Waals surface area contributed by atoms with Crippen LogP contribution in [0.15, 0.2) is 60.7 Å². The molecule has 4 aromatic rings. The molecule has 0 saturated heterocycles. The van der Waals surface area contributed by atoms with Gasteiger partial charge in [0, 0.05) is 0 Å². The van der Waals surface area contributed by atoms with Gasteiger partial charge >= 0.3 is 0 Å². The maximum absolute atomic E-state index is 13.6. The van der Waals surface area contributed by atoms with Crippen molar-refractivity contribution < 1.29 is 17.6 Å². The van der Waals surface area contributed by atoms with E-state index in [-0.39, 0.29) is 18.7 Å². The summed E-state index contributed by atoms with van der Waals surface area (Å²) in [6.45, 7) is 0.336. The summed E-state index contributed by atoms with van der Waals surface area (Å²) in [4.78, 5) is 0. The highest BCUT2D eigenvalue weighted by Gasteiger charge is 2.13. The molecule has 7 heteroatoms. The minimum absolute atomic E-state index is 0.107. The molecule has 3 aromatic carbocycles. The van der Waals surface area contributed by atoms with Gasteiger partial charge in [-0.3, -0.25) is 5.41 Å². The summed E-state index contributed by atoms with van der Waals surface area (Å²) in [6.07, 6.45) is 0. The fourth-order valence-electron chi connectivity index (χ4n) is 3.26. The van der Waals surface area contributed by atoms with Crippen molar-refractivity contribution in [2.24, 2.45) is 0 Å². The summed E-state index contributed by atoms with van der Waals surface area (Å²) in [5.74, 6) is -3.76. The van der Waals surface area contributed by atoms with E-state index in [0.717, 1.165) is 35.3 Å². The van der Waals surface area contributed by atoms with E-state index in [0.29, 0.717) is 11.1 Å². The first-order valence-electron chi connectivity index (χ1n) is 8.54. The molecule has 0 radical (unpaired) electrons. The predicted molar refractivity (Wildman–Crippen MR) is 96.7 cm³/mol. The molecule has 0 saturated carbocycles. The molecular formula is C21H15F4N3. The van der Waals surface area contributed by atoms with Crippen LogP contribution >= 0.6 is 0 Å². The SMILES string of the molecule is N=c1n(Cc2ccc(F)c(F)c2)c2ccccc2n1Cc1ccc(F)c(F)c1. The van der Waals surface area contributed by atoms with Crippen LogP contribution in [0.1, 0.15) is 11.1 Å². The monoisotopic (exact) mass is 385 g/mol. The molecule has 4 rings (SSSR count). The number of hydrogen-bond acceptors (Lipinski definition) is 1. The lowest BCUT2D eigenvalue weighted by Crippen LogP contribution is -2.25. The lowest BCUT2D eigenvalue weighted by atomic mass is 10.2. The van der Waals surface area contributed by atoms with Gasteiger partial charge in [0.25, 0.3) is 0 Å². The van der Waals surface area contributed by atoms with E-state index in [9.17, 15) is 17.6 Å². The molecule has 142 valence electrons. The van der Waals surface area contributed by atoms with Crippen LogP contribution in [0, 0.1) is 28.7 Å². The summed E-state index contributed by atoms with van der Waals surface area (Å²) >= 11 is 0. The molecule has 0 spiro atoms. The second-order valence-corrected chi connectivity index (χ2v) is 6.48. The number of nitrogens with zero attached hydrogens (tertiary/aromatic N) is 2. The number of nitrogens with one attached hydrogen (secondary N) is 1. The molecule has 1 aromatic heterocycles. The van der Waals surface area contributed by atoms with Gasteiger partial charge in [-0.15, -0.1) is 0 Å². The molecule has 0 amide bonds. The van der Waals surface area contributed by atoms with Gasteiger partial charge in [-0.25, -0.2) is 17.6 Å². The van der Waals surface area contributed by atoms with Crippen molar-refractivity contribution in [3.63, 3.8) is 0 Å². The summed E-state index contributed by atoms with van der Waals surface area (Å²) in [6, 6.07) is 14.5. The van der Waals surface area contributed by atoms with Crippen LogP contribution in [0.5, 0.6) is 0 Å². The summed E-state index contributed by atoms with van der Waals surface area (Å²) in [5, 5.41) is 8.56. The first kappa shape index (κ1) is 18.0. The molecule has 28 heavy (non-hydrogen) atoms. The summed E-state index contributed by atoms with van der Waals surface area (Å²) in [5.41, 5.74) is 2.57. The van der Waals surface area contributed by atoms with E-state index in [1.54, 1.807) is 9.13 Å². The number of halogens is 4. The van der Waals surface area contributed by atoms with Crippen LogP contribution in [0.4, 0.5) is 17.6 Å². The van der Waals surface area contributed by atoms with Crippen molar-refractivity contribution >= 4 is 11.0 Å². The number of fused-ring (bicyclic) bond motifs is 1. The van der Waals surface area contributed by atoms with Gasteiger partial charge in [-0.05, 0) is 47.5 Å². The number of imidazole rings is 1. The highest BCUT2D eigenvalue weighted by Crippen LogP contribution is 2.18. The fourth-order valence-corrected chi connectivity index (χ4v) is 3.26. The van der Waals surface area contributed by atoms with Gasteiger partial charge < -0.3 is 9.13 Å². The van der Waals surface area contributed by atoms with Gasteiger partial charge in [0.05, 0.1) is 24.1 Å². The minimum Gasteiger partial charge on any atom is -0.306 e. The number of benzene rings is 3. The number of rotatable bonds is 4. The molecule has 0 aliphatic carbocycles. The Kier molecular flexibility index (Phi) is 4.50. The first-order valence-corrected chi connectivity index (χ1v) is 8.54. The Labute approximate surface area is 157 Å². The molecule has 3 nitrogen and oxygen atoms in total. The minimum atomic E-state index is -0.949. The van der Waals surface area contributed by atoms with Crippen LogP contribution in [-0.4, -0.2) is 9.13 Å². The third-order valence-corrected chi connectivity index (χ3v) is 4.62. The maximum Gasteiger partial charge on any atom is 0.203 e. The highest BCUT2D eigenvalue weighted by molar-refractivity contribution is 5.76. The quantitative estimate of drug-likeness (QED) is 0.499. The lowest BCUT2D eigenvalue weighted by Gasteiger charge is -2.07. The second-order valence-electron chi connectivity index (χ2n) is 6.48. The van der Waals surface area contributed by atoms with Gasteiger partial charge in [0.15, 0.2) is 23.3 Å². The van der Waals surface area contributed by atoms with Crippen LogP contribution in [0.25, 0.3) is 11.0 Å². The molecule has 0 fully saturated rings. The average molecular weight is 385 g/mol. The third-order valence-electron chi connectivity index (χ3n) is 4.62. The average Bonchev–Trinajstić information content (AvgIpc) is 2.93. The molecule has 0 bridgehead atoms. The fraction of sp³-hybridized carbons (Fsp3) is 0.0952. The van der Waals surface area contributed by atoms with Crippen LogP contribution in [0.3, 0.4) is 0 Å². The van der Waals surface area contributed by atoms with Gasteiger partial charge in [0.1, 0.15) is 0 Å².